The number of alkyl halides is 3. The maximum absolute atomic E-state index is 12.5. The number of piperidine rings is 1. The summed E-state index contributed by atoms with van der Waals surface area (Å²) in [6.07, 6.45) is 0.235. The van der Waals surface area contributed by atoms with Crippen molar-refractivity contribution in [3.05, 3.63) is 24.8 Å². The summed E-state index contributed by atoms with van der Waals surface area (Å²) in [7, 11) is 1.07. The Bertz CT molecular complexity index is 1040. The van der Waals surface area contributed by atoms with Crippen molar-refractivity contribution >= 4 is 33.8 Å². The van der Waals surface area contributed by atoms with Gasteiger partial charge in [0.2, 0.25) is 0 Å². The second-order valence-electron chi connectivity index (χ2n) is 7.02. The molecule has 0 bridgehead atoms. The predicted octanol–water partition coefficient (Wildman–Crippen LogP) is 3.11. The van der Waals surface area contributed by atoms with Crippen molar-refractivity contribution in [1.82, 2.24) is 24.8 Å². The second kappa shape index (κ2) is 7.37. The fourth-order valence-electron chi connectivity index (χ4n) is 3.57. The minimum atomic E-state index is -4.47. The van der Waals surface area contributed by atoms with Gasteiger partial charge in [-0.25, -0.2) is 19.7 Å². The molecule has 0 spiro atoms. The van der Waals surface area contributed by atoms with E-state index >= 15 is 0 Å². The molecule has 154 valence electrons. The lowest BCUT2D eigenvalue weighted by molar-refractivity contribution is -0.140. The number of hydrogen-bond acceptors (Lipinski definition) is 6. The van der Waals surface area contributed by atoms with Gasteiger partial charge < -0.3 is 19.5 Å². The van der Waals surface area contributed by atoms with E-state index in [4.69, 9.17) is 4.74 Å². The third kappa shape index (κ3) is 4.03. The average molecular weight is 408 g/mol. The highest BCUT2D eigenvalue weighted by Crippen LogP contribution is 2.31. The molecule has 1 N–H and O–H groups in total. The van der Waals surface area contributed by atoms with Crippen LogP contribution in [0, 0.1) is 0 Å². The molecule has 29 heavy (non-hydrogen) atoms. The Kier molecular flexibility index (Phi) is 4.89. The first-order valence-corrected chi connectivity index (χ1v) is 9.12. The number of aromatic amines is 1. The zero-order valence-electron chi connectivity index (χ0n) is 15.6. The highest BCUT2D eigenvalue weighted by Gasteiger charge is 2.33. The van der Waals surface area contributed by atoms with Crippen molar-refractivity contribution in [1.29, 1.82) is 0 Å². The van der Waals surface area contributed by atoms with Crippen molar-refractivity contribution in [3.8, 4) is 0 Å². The van der Waals surface area contributed by atoms with E-state index in [1.165, 1.54) is 0 Å². The number of halogens is 3. The third-order valence-corrected chi connectivity index (χ3v) is 4.84. The summed E-state index contributed by atoms with van der Waals surface area (Å²) in [5.74, 6) is 0.698. The maximum atomic E-state index is 12.5. The van der Waals surface area contributed by atoms with Crippen LogP contribution in [0.1, 0.15) is 12.8 Å². The molecule has 1 atom stereocenters. The van der Waals surface area contributed by atoms with E-state index in [-0.39, 0.29) is 0 Å². The molecular weight excluding hydrogens is 389 g/mol. The molecule has 8 nitrogen and oxygen atoms in total. The second-order valence-corrected chi connectivity index (χ2v) is 7.02. The van der Waals surface area contributed by atoms with Gasteiger partial charge in [-0.15, -0.1) is 0 Å². The minimum Gasteiger partial charge on any atom is -0.444 e. The maximum Gasteiger partial charge on any atom is 0.410 e. The van der Waals surface area contributed by atoms with Crippen LogP contribution in [0.5, 0.6) is 0 Å². The Morgan fingerprint density at radius 2 is 2.21 bits per heavy atom. The topological polar surface area (TPSA) is 87.2 Å². The molecule has 1 aliphatic rings. The van der Waals surface area contributed by atoms with Gasteiger partial charge >= 0.3 is 12.3 Å². The quantitative estimate of drug-likeness (QED) is 0.717. The molecule has 0 aliphatic carbocycles. The van der Waals surface area contributed by atoms with Crippen molar-refractivity contribution < 1.29 is 22.7 Å². The van der Waals surface area contributed by atoms with E-state index in [9.17, 15) is 18.0 Å². The number of anilines is 1. The summed E-state index contributed by atoms with van der Waals surface area (Å²) in [6.45, 7) is -0.315. The predicted molar refractivity (Wildman–Crippen MR) is 99.6 cm³/mol. The summed E-state index contributed by atoms with van der Waals surface area (Å²) in [5.41, 5.74) is 1.40. The van der Waals surface area contributed by atoms with Gasteiger partial charge in [0, 0.05) is 25.2 Å². The number of hydrogen-bond donors (Lipinski definition) is 1. The lowest BCUT2D eigenvalue weighted by Crippen LogP contribution is -2.44. The van der Waals surface area contributed by atoms with Crippen LogP contribution < -0.4 is 4.90 Å². The number of carbonyl (C=O) groups is 1. The number of H-pyrrole nitrogens is 1. The van der Waals surface area contributed by atoms with E-state index in [0.717, 1.165) is 29.8 Å². The molecule has 0 aromatic carbocycles. The van der Waals surface area contributed by atoms with Gasteiger partial charge in [0.25, 0.3) is 0 Å². The minimum absolute atomic E-state index is 0.343. The Balaban J connectivity index is 1.55. The van der Waals surface area contributed by atoms with Crippen LogP contribution in [-0.2, 0) is 4.74 Å². The first-order valence-electron chi connectivity index (χ1n) is 9.12. The number of rotatable bonds is 3. The molecule has 0 saturated carbocycles. The van der Waals surface area contributed by atoms with E-state index in [1.807, 2.05) is 11.0 Å². The van der Waals surface area contributed by atoms with Crippen LogP contribution in [0.3, 0.4) is 0 Å². The van der Waals surface area contributed by atoms with Crippen LogP contribution >= 0.6 is 0 Å². The molecule has 4 heterocycles. The van der Waals surface area contributed by atoms with E-state index in [0.29, 0.717) is 35.9 Å². The summed E-state index contributed by atoms with van der Waals surface area (Å²) < 4.78 is 42.8. The number of amides is 1. The normalized spacial score (nSPS) is 17.7. The fraction of sp³-hybridized carbons (Fsp3) is 0.444. The highest BCUT2D eigenvalue weighted by molar-refractivity contribution is 6.08. The number of aromatic nitrogens is 4. The molecule has 0 radical (unpaired) electrons. The standard InChI is InChI=1S/C18H19F3N6O2/c1-26(9-18(19,20)21)17(28)29-11-3-2-6-27(8-11)16-14-12-4-5-22-15(12)23-7-13(14)24-10-25-16/h4-5,7,10-11H,2-3,6,8-9H2,1H3,(H,24,25). The number of pyridine rings is 1. The summed E-state index contributed by atoms with van der Waals surface area (Å²) in [5, 5.41) is 1.71. The summed E-state index contributed by atoms with van der Waals surface area (Å²) in [4.78, 5) is 30.6. The number of nitrogens with one attached hydrogen (secondary N) is 1. The summed E-state index contributed by atoms with van der Waals surface area (Å²) >= 11 is 0. The number of carbonyl (C=O) groups excluding carboxylic acids is 1. The molecule has 1 fully saturated rings. The van der Waals surface area contributed by atoms with Crippen LogP contribution in [0.2, 0.25) is 0 Å². The molecular formula is C18H19F3N6O2. The Morgan fingerprint density at radius 1 is 1.38 bits per heavy atom. The Labute approximate surface area is 163 Å². The molecule has 3 aromatic heterocycles. The van der Waals surface area contributed by atoms with Crippen LogP contribution in [-0.4, -0.2) is 69.9 Å². The largest absolute Gasteiger partial charge is 0.444 e. The van der Waals surface area contributed by atoms with Crippen molar-refractivity contribution in [2.45, 2.75) is 25.1 Å². The molecule has 4 rings (SSSR count). The van der Waals surface area contributed by atoms with Gasteiger partial charge in [-0.3, -0.25) is 0 Å². The third-order valence-electron chi connectivity index (χ3n) is 4.84. The van der Waals surface area contributed by atoms with Crippen LogP contribution in [0.15, 0.2) is 24.8 Å². The number of fused-ring (bicyclic) bond motifs is 3. The zero-order valence-corrected chi connectivity index (χ0v) is 15.6. The Hall–Kier alpha value is -3.11. The first-order chi connectivity index (χ1) is 13.8. The van der Waals surface area contributed by atoms with Crippen LogP contribution in [0.25, 0.3) is 21.9 Å². The van der Waals surface area contributed by atoms with Crippen molar-refractivity contribution in [2.24, 2.45) is 0 Å². The average Bonchev–Trinajstić information content (AvgIpc) is 3.15. The van der Waals surface area contributed by atoms with Gasteiger partial charge in [-0.05, 0) is 18.9 Å². The fourth-order valence-corrected chi connectivity index (χ4v) is 3.57. The molecule has 1 saturated heterocycles. The summed E-state index contributed by atoms with van der Waals surface area (Å²) in [6, 6.07) is 1.86. The van der Waals surface area contributed by atoms with E-state index in [1.54, 1.807) is 18.7 Å². The lowest BCUT2D eigenvalue weighted by atomic mass is 10.1. The first kappa shape index (κ1) is 19.2. The van der Waals surface area contributed by atoms with Gasteiger partial charge in [0.05, 0.1) is 30.0 Å². The SMILES string of the molecule is CN(CC(F)(F)F)C(=O)OC1CCCN(c2nc[nH]c3cnc4nccc4c23)C1. The highest BCUT2D eigenvalue weighted by atomic mass is 19.4. The monoisotopic (exact) mass is 408 g/mol. The van der Waals surface area contributed by atoms with Gasteiger partial charge in [0.1, 0.15) is 18.5 Å². The smallest absolute Gasteiger partial charge is 0.410 e. The zero-order chi connectivity index (χ0) is 20.6. The molecule has 11 heteroatoms. The van der Waals surface area contributed by atoms with Crippen molar-refractivity contribution in [2.75, 3.05) is 31.6 Å². The van der Waals surface area contributed by atoms with Gasteiger partial charge in [0.15, 0.2) is 5.65 Å². The molecule has 1 unspecified atom stereocenters. The lowest BCUT2D eigenvalue weighted by Gasteiger charge is -2.34. The Morgan fingerprint density at radius 3 is 3.00 bits per heavy atom. The van der Waals surface area contributed by atoms with Gasteiger partial charge in [-0.2, -0.15) is 13.2 Å². The molecule has 1 aliphatic heterocycles. The molecule has 3 aromatic rings. The van der Waals surface area contributed by atoms with Gasteiger partial charge in [-0.1, -0.05) is 0 Å². The molecule has 1 amide bonds. The number of ether oxygens (including phenoxy) is 1. The van der Waals surface area contributed by atoms with Crippen LogP contribution in [0.4, 0.5) is 23.8 Å². The number of nitrogens with zero attached hydrogens (tertiary/aromatic N) is 5. The van der Waals surface area contributed by atoms with E-state index < -0.39 is 24.9 Å². The van der Waals surface area contributed by atoms with Crippen molar-refractivity contribution in [3.63, 3.8) is 0 Å². The van der Waals surface area contributed by atoms with E-state index in [2.05, 4.69) is 19.9 Å².